The van der Waals surface area contributed by atoms with Crippen LogP contribution in [0.1, 0.15) is 12.5 Å². The Morgan fingerprint density at radius 1 is 1.27 bits per heavy atom. The minimum absolute atomic E-state index is 0.796. The molecule has 0 spiro atoms. The van der Waals surface area contributed by atoms with E-state index in [1.54, 1.807) is 0 Å². The Morgan fingerprint density at radius 2 is 1.91 bits per heavy atom. The van der Waals surface area contributed by atoms with Crippen LogP contribution in [0.25, 0.3) is 0 Å². The van der Waals surface area contributed by atoms with Crippen LogP contribution in [0.3, 0.4) is 0 Å². The fraction of sp³-hybridized carbons (Fsp3) is 0.250. The fourth-order valence-electron chi connectivity index (χ4n) is 0.865. The summed E-state index contributed by atoms with van der Waals surface area (Å²) in [5.74, 6) is 4.89. The molecular weight excluding hydrogens is 138 g/mol. The molecule has 1 aromatic carbocycles. The van der Waals surface area contributed by atoms with Crippen LogP contribution in [0.4, 0.5) is 5.69 Å². The van der Waals surface area contributed by atoms with E-state index in [4.69, 9.17) is 5.84 Å². The lowest BCUT2D eigenvalue weighted by molar-refractivity contribution is 1.06. The summed E-state index contributed by atoms with van der Waals surface area (Å²) < 4.78 is 0. The zero-order valence-electron chi connectivity index (χ0n) is 6.49. The van der Waals surface area contributed by atoms with Gasteiger partial charge in [0.25, 0.3) is 0 Å². The van der Waals surface area contributed by atoms with E-state index in [9.17, 15) is 0 Å². The summed E-state index contributed by atoms with van der Waals surface area (Å²) in [7, 11) is 0. The second-order valence-electron chi connectivity index (χ2n) is 2.24. The number of hydrogen-bond donors (Lipinski definition) is 1. The molecule has 0 saturated heterocycles. The Morgan fingerprint density at radius 3 is 2.36 bits per heavy atom. The summed E-state index contributed by atoms with van der Waals surface area (Å²) in [6, 6.07) is 7.83. The number of rotatable bonds is 2. The molecule has 0 aliphatic heterocycles. The van der Waals surface area contributed by atoms with Gasteiger partial charge in [-0.15, -0.1) is 5.11 Å². The van der Waals surface area contributed by atoms with E-state index >= 15 is 0 Å². The summed E-state index contributed by atoms with van der Waals surface area (Å²) in [4.78, 5) is 0. The molecule has 0 heterocycles. The molecule has 3 nitrogen and oxygen atoms in total. The molecule has 1 aromatic rings. The Labute approximate surface area is 65.9 Å². The highest BCUT2D eigenvalue weighted by atomic mass is 15.3. The number of benzene rings is 1. The van der Waals surface area contributed by atoms with E-state index in [2.05, 4.69) is 17.3 Å². The molecule has 1 rings (SSSR count). The van der Waals surface area contributed by atoms with Gasteiger partial charge in [-0.3, -0.25) is 0 Å². The molecule has 3 heteroatoms. The van der Waals surface area contributed by atoms with Crippen molar-refractivity contribution in [2.45, 2.75) is 13.3 Å². The predicted octanol–water partition coefficient (Wildman–Crippen LogP) is 2.21. The number of nitrogens with two attached hydrogens (primary N) is 1. The van der Waals surface area contributed by atoms with E-state index in [1.807, 2.05) is 24.3 Å². The third kappa shape index (κ3) is 2.04. The van der Waals surface area contributed by atoms with Gasteiger partial charge in [0.05, 0.1) is 5.69 Å². The van der Waals surface area contributed by atoms with Crippen molar-refractivity contribution in [1.29, 1.82) is 0 Å². The van der Waals surface area contributed by atoms with Crippen LogP contribution in [0, 0.1) is 0 Å². The first kappa shape index (κ1) is 7.72. The van der Waals surface area contributed by atoms with Crippen molar-refractivity contribution in [1.82, 2.24) is 0 Å². The second-order valence-corrected chi connectivity index (χ2v) is 2.24. The summed E-state index contributed by atoms with van der Waals surface area (Å²) >= 11 is 0. The molecule has 58 valence electrons. The van der Waals surface area contributed by atoms with Crippen LogP contribution >= 0.6 is 0 Å². The summed E-state index contributed by atoms with van der Waals surface area (Å²) in [6.45, 7) is 2.11. The molecule has 0 bridgehead atoms. The lowest BCUT2D eigenvalue weighted by Gasteiger charge is -1.94. The molecule has 0 amide bonds. The lowest BCUT2D eigenvalue weighted by atomic mass is 10.2. The van der Waals surface area contributed by atoms with Gasteiger partial charge in [-0.25, -0.2) is 0 Å². The monoisotopic (exact) mass is 149 g/mol. The quantitative estimate of drug-likeness (QED) is 0.391. The maximum absolute atomic E-state index is 4.89. The van der Waals surface area contributed by atoms with Gasteiger partial charge >= 0.3 is 0 Å². The van der Waals surface area contributed by atoms with Gasteiger partial charge in [0.15, 0.2) is 0 Å². The zero-order chi connectivity index (χ0) is 8.10. The summed E-state index contributed by atoms with van der Waals surface area (Å²) in [5, 5.41) is 6.87. The highest BCUT2D eigenvalue weighted by Crippen LogP contribution is 2.12. The predicted molar refractivity (Wildman–Crippen MR) is 44.5 cm³/mol. The number of hydrogen-bond acceptors (Lipinski definition) is 2. The minimum atomic E-state index is 0.796. The van der Waals surface area contributed by atoms with Crippen molar-refractivity contribution in [3.8, 4) is 0 Å². The van der Waals surface area contributed by atoms with Crippen LogP contribution in [-0.4, -0.2) is 0 Å². The highest BCUT2D eigenvalue weighted by molar-refractivity contribution is 5.37. The van der Waals surface area contributed by atoms with E-state index in [0.29, 0.717) is 0 Å². The molecule has 0 aliphatic carbocycles. The lowest BCUT2D eigenvalue weighted by Crippen LogP contribution is -1.77. The first-order chi connectivity index (χ1) is 5.36. The third-order valence-electron chi connectivity index (χ3n) is 1.52. The first-order valence-electron chi connectivity index (χ1n) is 3.56. The topological polar surface area (TPSA) is 50.7 Å². The molecule has 0 radical (unpaired) electrons. The van der Waals surface area contributed by atoms with Gasteiger partial charge < -0.3 is 5.84 Å². The van der Waals surface area contributed by atoms with Crippen LogP contribution in [0.15, 0.2) is 34.6 Å². The fourth-order valence-corrected chi connectivity index (χ4v) is 0.865. The van der Waals surface area contributed by atoms with Crippen molar-refractivity contribution in [2.24, 2.45) is 16.2 Å². The molecule has 0 aromatic heterocycles. The van der Waals surface area contributed by atoms with Gasteiger partial charge in [0.1, 0.15) is 0 Å². The van der Waals surface area contributed by atoms with E-state index in [-0.39, 0.29) is 0 Å². The normalized spacial score (nSPS) is 10.6. The molecule has 11 heavy (non-hydrogen) atoms. The largest absolute Gasteiger partial charge is 0.305 e. The standard InChI is InChI=1S/C8H11N3/c1-2-7-3-5-8(6-4-7)10-11-9/h3-6H,2H2,1H3,(H2,9,10). The Balaban J connectivity index is 2.82. The molecule has 0 aliphatic rings. The molecule has 2 N–H and O–H groups in total. The number of nitrogens with zero attached hydrogens (tertiary/aromatic N) is 2. The zero-order valence-corrected chi connectivity index (χ0v) is 6.49. The smallest absolute Gasteiger partial charge is 0.0874 e. The van der Waals surface area contributed by atoms with Crippen molar-refractivity contribution < 1.29 is 0 Å². The van der Waals surface area contributed by atoms with Gasteiger partial charge in [-0.1, -0.05) is 24.3 Å². The summed E-state index contributed by atoms with van der Waals surface area (Å²) in [6.07, 6.45) is 1.04. The first-order valence-corrected chi connectivity index (χ1v) is 3.56. The van der Waals surface area contributed by atoms with E-state index in [1.165, 1.54) is 5.56 Å². The third-order valence-corrected chi connectivity index (χ3v) is 1.52. The maximum atomic E-state index is 4.89. The van der Waals surface area contributed by atoms with Crippen molar-refractivity contribution in [3.63, 3.8) is 0 Å². The van der Waals surface area contributed by atoms with Crippen molar-refractivity contribution in [2.75, 3.05) is 0 Å². The van der Waals surface area contributed by atoms with Crippen LogP contribution in [0.2, 0.25) is 0 Å². The van der Waals surface area contributed by atoms with Gasteiger partial charge in [0, 0.05) is 0 Å². The molecule has 0 fully saturated rings. The maximum Gasteiger partial charge on any atom is 0.0874 e. The SMILES string of the molecule is CCc1ccc(N=NN)cc1. The molecule has 0 saturated carbocycles. The minimum Gasteiger partial charge on any atom is -0.305 e. The molecule has 0 unspecified atom stereocenters. The van der Waals surface area contributed by atoms with E-state index in [0.717, 1.165) is 12.1 Å². The Kier molecular flexibility index (Phi) is 2.60. The Hall–Kier alpha value is -1.38. The Bertz CT molecular complexity index is 238. The van der Waals surface area contributed by atoms with E-state index < -0.39 is 0 Å². The van der Waals surface area contributed by atoms with Crippen LogP contribution in [0.5, 0.6) is 0 Å². The van der Waals surface area contributed by atoms with Gasteiger partial charge in [-0.2, -0.15) is 0 Å². The van der Waals surface area contributed by atoms with Crippen LogP contribution in [-0.2, 0) is 6.42 Å². The average Bonchev–Trinajstić information content (AvgIpc) is 2.07. The van der Waals surface area contributed by atoms with Gasteiger partial charge in [-0.05, 0) is 24.1 Å². The number of aryl methyl sites for hydroxylation is 1. The van der Waals surface area contributed by atoms with Crippen molar-refractivity contribution >= 4 is 5.69 Å². The average molecular weight is 149 g/mol. The second kappa shape index (κ2) is 3.71. The highest BCUT2D eigenvalue weighted by Gasteiger charge is 1.89. The van der Waals surface area contributed by atoms with Crippen molar-refractivity contribution in [3.05, 3.63) is 29.8 Å². The molecule has 0 atom stereocenters. The van der Waals surface area contributed by atoms with Crippen LogP contribution < -0.4 is 5.84 Å². The molecular formula is C8H11N3. The summed E-state index contributed by atoms with van der Waals surface area (Å²) in [5.41, 5.74) is 2.09. The van der Waals surface area contributed by atoms with Gasteiger partial charge in [0.2, 0.25) is 0 Å².